The van der Waals surface area contributed by atoms with Crippen LogP contribution in [0.4, 0.5) is 4.79 Å². The summed E-state index contributed by atoms with van der Waals surface area (Å²) in [6.07, 6.45) is 7.66. The number of carbonyl (C=O) groups is 3. The van der Waals surface area contributed by atoms with Gasteiger partial charge in [-0.3, -0.25) is 14.5 Å². The van der Waals surface area contributed by atoms with Crippen LogP contribution < -0.4 is 5.32 Å². The highest BCUT2D eigenvalue weighted by atomic mass is 16.2. The topological polar surface area (TPSA) is 93.5 Å². The van der Waals surface area contributed by atoms with Crippen LogP contribution in [0.1, 0.15) is 64.7 Å². The number of nitrogens with zero attached hydrogens (tertiary/aromatic N) is 3. The number of rotatable bonds is 3. The van der Waals surface area contributed by atoms with E-state index in [1.165, 1.54) is 4.90 Å². The summed E-state index contributed by atoms with van der Waals surface area (Å²) in [5, 5.41) is 12.5. The lowest BCUT2D eigenvalue weighted by Crippen LogP contribution is -2.55. The van der Waals surface area contributed by atoms with Gasteiger partial charge >= 0.3 is 6.03 Å². The number of nitrogens with one attached hydrogen (secondary N) is 1. The van der Waals surface area contributed by atoms with Crippen molar-refractivity contribution in [2.45, 2.75) is 75.8 Å². The van der Waals surface area contributed by atoms with Gasteiger partial charge in [0.2, 0.25) is 5.91 Å². The first kappa shape index (κ1) is 18.7. The van der Waals surface area contributed by atoms with Crippen LogP contribution in [0, 0.1) is 17.2 Å². The van der Waals surface area contributed by atoms with E-state index in [9.17, 15) is 19.6 Å². The second kappa shape index (κ2) is 6.90. The molecular formula is C19H28N4O3. The van der Waals surface area contributed by atoms with E-state index in [-0.39, 0.29) is 24.3 Å². The molecule has 7 heteroatoms. The van der Waals surface area contributed by atoms with Gasteiger partial charge in [-0.1, -0.05) is 39.0 Å². The molecule has 0 aromatic heterocycles. The summed E-state index contributed by atoms with van der Waals surface area (Å²) in [6, 6.07) is 1.82. The fourth-order valence-corrected chi connectivity index (χ4v) is 4.78. The molecule has 3 rings (SSSR count). The molecule has 3 aliphatic rings. The highest BCUT2D eigenvalue weighted by Gasteiger charge is 2.55. The smallest absolute Gasteiger partial charge is 0.325 e. The maximum Gasteiger partial charge on any atom is 0.325 e. The van der Waals surface area contributed by atoms with Crippen LogP contribution in [0.3, 0.4) is 0 Å². The Morgan fingerprint density at radius 1 is 1.23 bits per heavy atom. The predicted octanol–water partition coefficient (Wildman–Crippen LogP) is 2.17. The van der Waals surface area contributed by atoms with Crippen molar-refractivity contribution in [1.29, 1.82) is 5.26 Å². The van der Waals surface area contributed by atoms with Crippen LogP contribution in [0.5, 0.6) is 0 Å². The second-order valence-corrected chi connectivity index (χ2v) is 8.10. The number of hydrogen-bond donors (Lipinski definition) is 1. The molecule has 1 aliphatic heterocycles. The standard InChI is InChI=1S/C19H28N4O3/c1-14-8-4-7-11-19(14)16(25)23(17(26)21-19)12-15(24)22(2)18(13-20)9-5-3-6-10-18/h14H,3-12H2,1-2H3,(H,21,26)/t14-,19+/m0/s1. The highest BCUT2D eigenvalue weighted by molar-refractivity contribution is 6.09. The van der Waals surface area contributed by atoms with Crippen molar-refractivity contribution in [3.63, 3.8) is 0 Å². The van der Waals surface area contributed by atoms with E-state index in [4.69, 9.17) is 0 Å². The molecule has 0 aromatic rings. The van der Waals surface area contributed by atoms with Gasteiger partial charge in [-0.25, -0.2) is 4.79 Å². The molecular weight excluding hydrogens is 332 g/mol. The molecule has 4 amide bonds. The van der Waals surface area contributed by atoms with Gasteiger partial charge in [-0.2, -0.15) is 5.26 Å². The number of imide groups is 1. The average molecular weight is 360 g/mol. The van der Waals surface area contributed by atoms with Crippen LogP contribution in [-0.2, 0) is 9.59 Å². The lowest BCUT2D eigenvalue weighted by molar-refractivity contribution is -0.142. The first-order valence-electron chi connectivity index (χ1n) is 9.68. The summed E-state index contributed by atoms with van der Waals surface area (Å²) >= 11 is 0. The minimum atomic E-state index is -0.855. The molecule has 2 aliphatic carbocycles. The van der Waals surface area contributed by atoms with Gasteiger partial charge in [0.1, 0.15) is 17.6 Å². The van der Waals surface area contributed by atoms with Crippen LogP contribution in [0.25, 0.3) is 0 Å². The third kappa shape index (κ3) is 2.85. The molecule has 1 spiro atoms. The summed E-state index contributed by atoms with van der Waals surface area (Å²) in [5.41, 5.74) is -1.67. The Bertz CT molecular complexity index is 650. The lowest BCUT2D eigenvalue weighted by atomic mass is 9.73. The van der Waals surface area contributed by atoms with Crippen LogP contribution in [0.2, 0.25) is 0 Å². The quantitative estimate of drug-likeness (QED) is 0.781. The van der Waals surface area contributed by atoms with Crippen molar-refractivity contribution in [2.75, 3.05) is 13.6 Å². The van der Waals surface area contributed by atoms with Crippen LogP contribution in [0.15, 0.2) is 0 Å². The SMILES string of the molecule is C[C@H]1CCCC[C@@]12NC(=O)N(CC(=O)N(C)C1(C#N)CCCCC1)C2=O. The first-order valence-corrected chi connectivity index (χ1v) is 9.68. The fraction of sp³-hybridized carbons (Fsp3) is 0.789. The molecule has 2 saturated carbocycles. The number of urea groups is 1. The van der Waals surface area contributed by atoms with Gasteiger partial charge in [-0.05, 0) is 31.6 Å². The van der Waals surface area contributed by atoms with Crippen molar-refractivity contribution in [3.8, 4) is 6.07 Å². The fourth-order valence-electron chi connectivity index (χ4n) is 4.78. The van der Waals surface area contributed by atoms with E-state index >= 15 is 0 Å². The zero-order valence-corrected chi connectivity index (χ0v) is 15.7. The Balaban J connectivity index is 1.74. The number of amides is 4. The Labute approximate surface area is 154 Å². The maximum absolute atomic E-state index is 13.0. The zero-order valence-electron chi connectivity index (χ0n) is 15.7. The number of carbonyl (C=O) groups excluding carboxylic acids is 3. The van der Waals surface area contributed by atoms with Gasteiger partial charge in [0.15, 0.2) is 0 Å². The first-order chi connectivity index (χ1) is 12.4. The average Bonchev–Trinajstić information content (AvgIpc) is 2.89. The maximum atomic E-state index is 13.0. The molecule has 0 unspecified atom stereocenters. The highest BCUT2D eigenvalue weighted by Crippen LogP contribution is 2.38. The van der Waals surface area contributed by atoms with E-state index in [2.05, 4.69) is 11.4 Å². The molecule has 7 nitrogen and oxygen atoms in total. The molecule has 2 atom stereocenters. The minimum absolute atomic E-state index is 0.0642. The Kier molecular flexibility index (Phi) is 4.96. The molecule has 0 bridgehead atoms. The summed E-state index contributed by atoms with van der Waals surface area (Å²) in [4.78, 5) is 40.8. The summed E-state index contributed by atoms with van der Waals surface area (Å²) in [6.45, 7) is 1.69. The number of nitriles is 1. The van der Waals surface area contributed by atoms with E-state index in [0.29, 0.717) is 19.3 Å². The van der Waals surface area contributed by atoms with Gasteiger partial charge in [-0.15, -0.1) is 0 Å². The number of hydrogen-bond acceptors (Lipinski definition) is 4. The Morgan fingerprint density at radius 2 is 1.88 bits per heavy atom. The van der Waals surface area contributed by atoms with E-state index < -0.39 is 17.1 Å². The van der Waals surface area contributed by atoms with Gasteiger partial charge in [0, 0.05) is 7.05 Å². The number of likely N-dealkylation sites (N-methyl/N-ethyl adjacent to an activating group) is 1. The molecule has 3 fully saturated rings. The molecule has 26 heavy (non-hydrogen) atoms. The Morgan fingerprint density at radius 3 is 2.50 bits per heavy atom. The van der Waals surface area contributed by atoms with Gasteiger partial charge in [0.05, 0.1) is 6.07 Å². The molecule has 1 N–H and O–H groups in total. The second-order valence-electron chi connectivity index (χ2n) is 8.10. The molecule has 142 valence electrons. The van der Waals surface area contributed by atoms with Crippen molar-refractivity contribution in [3.05, 3.63) is 0 Å². The zero-order chi connectivity index (χ0) is 18.9. The van der Waals surface area contributed by atoms with Crippen molar-refractivity contribution in [1.82, 2.24) is 15.1 Å². The summed E-state index contributed by atoms with van der Waals surface area (Å²) < 4.78 is 0. The molecule has 1 heterocycles. The monoisotopic (exact) mass is 360 g/mol. The van der Waals surface area contributed by atoms with Gasteiger partial charge in [0.25, 0.3) is 5.91 Å². The largest absolute Gasteiger partial charge is 0.325 e. The van der Waals surface area contributed by atoms with Crippen LogP contribution in [-0.4, -0.2) is 52.3 Å². The van der Waals surface area contributed by atoms with Crippen molar-refractivity contribution in [2.24, 2.45) is 5.92 Å². The minimum Gasteiger partial charge on any atom is -0.325 e. The molecule has 1 saturated heterocycles. The molecule has 0 aromatic carbocycles. The molecule has 0 radical (unpaired) electrons. The Hall–Kier alpha value is -2.10. The predicted molar refractivity (Wildman–Crippen MR) is 94.8 cm³/mol. The third-order valence-electron chi connectivity index (χ3n) is 6.70. The van der Waals surface area contributed by atoms with Crippen molar-refractivity contribution >= 4 is 17.8 Å². The van der Waals surface area contributed by atoms with E-state index in [1.54, 1.807) is 7.05 Å². The van der Waals surface area contributed by atoms with E-state index in [0.717, 1.165) is 43.4 Å². The summed E-state index contributed by atoms with van der Waals surface area (Å²) in [7, 11) is 1.62. The third-order valence-corrected chi connectivity index (χ3v) is 6.70. The van der Waals surface area contributed by atoms with Gasteiger partial charge < -0.3 is 10.2 Å². The lowest BCUT2D eigenvalue weighted by Gasteiger charge is -2.39. The normalized spacial score (nSPS) is 30.8. The summed E-state index contributed by atoms with van der Waals surface area (Å²) in [5.74, 6) is -0.571. The van der Waals surface area contributed by atoms with E-state index in [1.807, 2.05) is 6.92 Å². The van der Waals surface area contributed by atoms with Crippen molar-refractivity contribution < 1.29 is 14.4 Å². The van der Waals surface area contributed by atoms with Crippen LogP contribution >= 0.6 is 0 Å².